The van der Waals surface area contributed by atoms with Crippen LogP contribution in [0.25, 0.3) is 0 Å². The van der Waals surface area contributed by atoms with E-state index < -0.39 is 0 Å². The summed E-state index contributed by atoms with van der Waals surface area (Å²) in [6.07, 6.45) is 1.00. The minimum atomic E-state index is 0.464. The molecule has 0 unspecified atom stereocenters. The van der Waals surface area contributed by atoms with Crippen LogP contribution in [-0.2, 0) is 0 Å². The highest BCUT2D eigenvalue weighted by molar-refractivity contribution is 6.17. The molecule has 0 aliphatic rings. The van der Waals surface area contributed by atoms with E-state index in [0.717, 1.165) is 18.7 Å². The summed E-state index contributed by atoms with van der Waals surface area (Å²) in [5, 5.41) is 0. The fraction of sp³-hybridized carbons (Fsp3) is 0.571. The molecule has 17 heavy (non-hydrogen) atoms. The van der Waals surface area contributed by atoms with Crippen LogP contribution < -0.4 is 9.64 Å². The minimum Gasteiger partial charge on any atom is -0.496 e. The monoisotopic (exact) mass is 255 g/mol. The Bertz CT molecular complexity index is 352. The second-order valence-electron chi connectivity index (χ2n) is 4.55. The van der Waals surface area contributed by atoms with Crippen LogP contribution >= 0.6 is 11.6 Å². The summed E-state index contributed by atoms with van der Waals surface area (Å²) in [7, 11) is 3.82. The molecule has 0 saturated carbocycles. The average molecular weight is 256 g/mol. The van der Waals surface area contributed by atoms with Crippen LogP contribution in [0.5, 0.6) is 5.75 Å². The summed E-state index contributed by atoms with van der Waals surface area (Å²) in [4.78, 5) is 2.23. The maximum absolute atomic E-state index is 5.72. The van der Waals surface area contributed by atoms with Crippen LogP contribution in [0.15, 0.2) is 18.2 Å². The molecule has 0 radical (unpaired) electrons. The highest BCUT2D eigenvalue weighted by Crippen LogP contribution is 2.30. The van der Waals surface area contributed by atoms with Gasteiger partial charge in [0.2, 0.25) is 0 Å². The van der Waals surface area contributed by atoms with Gasteiger partial charge in [-0.2, -0.15) is 0 Å². The molecule has 3 heteroatoms. The van der Waals surface area contributed by atoms with E-state index in [9.17, 15) is 0 Å². The SMILES string of the molecule is COc1ccc(N(C)CCCCl)cc1C(C)C. The van der Waals surface area contributed by atoms with Crippen molar-refractivity contribution >= 4 is 17.3 Å². The summed E-state index contributed by atoms with van der Waals surface area (Å²) in [5.74, 6) is 2.14. The molecule has 0 heterocycles. The topological polar surface area (TPSA) is 12.5 Å². The van der Waals surface area contributed by atoms with Gasteiger partial charge in [-0.3, -0.25) is 0 Å². The summed E-state index contributed by atoms with van der Waals surface area (Å²) >= 11 is 5.72. The minimum absolute atomic E-state index is 0.464. The number of hydrogen-bond acceptors (Lipinski definition) is 2. The summed E-state index contributed by atoms with van der Waals surface area (Å²) in [6, 6.07) is 6.35. The van der Waals surface area contributed by atoms with Gasteiger partial charge in [0.15, 0.2) is 0 Å². The van der Waals surface area contributed by atoms with Crippen LogP contribution in [-0.4, -0.2) is 26.6 Å². The van der Waals surface area contributed by atoms with E-state index >= 15 is 0 Å². The maximum Gasteiger partial charge on any atom is 0.122 e. The molecule has 0 N–H and O–H groups in total. The lowest BCUT2D eigenvalue weighted by molar-refractivity contribution is 0.407. The lowest BCUT2D eigenvalue weighted by atomic mass is 10.0. The Morgan fingerprint density at radius 1 is 1.35 bits per heavy atom. The lowest BCUT2D eigenvalue weighted by Crippen LogP contribution is -2.19. The van der Waals surface area contributed by atoms with Gasteiger partial charge < -0.3 is 9.64 Å². The molecular weight excluding hydrogens is 234 g/mol. The van der Waals surface area contributed by atoms with E-state index in [1.54, 1.807) is 7.11 Å². The van der Waals surface area contributed by atoms with Crippen LogP contribution in [0, 0.1) is 0 Å². The number of hydrogen-bond donors (Lipinski definition) is 0. The Balaban J connectivity index is 2.91. The zero-order valence-corrected chi connectivity index (χ0v) is 11.9. The Hall–Kier alpha value is -0.890. The zero-order valence-electron chi connectivity index (χ0n) is 11.2. The fourth-order valence-corrected chi connectivity index (χ4v) is 1.96. The third-order valence-corrected chi connectivity index (χ3v) is 3.17. The standard InChI is InChI=1S/C14H22ClNO/c1-11(2)13-10-12(6-7-14(13)17-4)16(3)9-5-8-15/h6-7,10-11H,5,8-9H2,1-4H3. The maximum atomic E-state index is 5.72. The van der Waals surface area contributed by atoms with Gasteiger partial charge in [-0.15, -0.1) is 11.6 Å². The molecule has 0 saturated heterocycles. The van der Waals surface area contributed by atoms with Crippen molar-refractivity contribution in [3.05, 3.63) is 23.8 Å². The molecule has 2 nitrogen and oxygen atoms in total. The molecule has 0 aliphatic heterocycles. The van der Waals surface area contributed by atoms with Gasteiger partial charge in [0.05, 0.1) is 7.11 Å². The van der Waals surface area contributed by atoms with Crippen LogP contribution in [0.2, 0.25) is 0 Å². The quantitative estimate of drug-likeness (QED) is 0.716. The first-order valence-corrected chi connectivity index (χ1v) is 6.58. The van der Waals surface area contributed by atoms with Crippen molar-refractivity contribution in [3.8, 4) is 5.75 Å². The van der Waals surface area contributed by atoms with E-state index in [-0.39, 0.29) is 0 Å². The molecule has 0 bridgehead atoms. The number of anilines is 1. The molecule has 1 rings (SSSR count). The van der Waals surface area contributed by atoms with E-state index in [0.29, 0.717) is 11.8 Å². The van der Waals surface area contributed by atoms with Crippen molar-refractivity contribution in [2.45, 2.75) is 26.2 Å². The summed E-state index contributed by atoms with van der Waals surface area (Å²) in [6.45, 7) is 5.34. The van der Waals surface area contributed by atoms with Gasteiger partial charge in [-0.25, -0.2) is 0 Å². The van der Waals surface area contributed by atoms with Crippen molar-refractivity contribution in [1.29, 1.82) is 0 Å². The first-order chi connectivity index (χ1) is 8.10. The third kappa shape index (κ3) is 3.81. The van der Waals surface area contributed by atoms with E-state index in [4.69, 9.17) is 16.3 Å². The number of benzene rings is 1. The van der Waals surface area contributed by atoms with E-state index in [2.05, 4.69) is 37.9 Å². The first kappa shape index (κ1) is 14.2. The Labute approximate surface area is 110 Å². The molecule has 96 valence electrons. The Kier molecular flexibility index (Phi) is 5.63. The Morgan fingerprint density at radius 3 is 2.59 bits per heavy atom. The molecule has 0 fully saturated rings. The largest absolute Gasteiger partial charge is 0.496 e. The zero-order chi connectivity index (χ0) is 12.8. The van der Waals surface area contributed by atoms with Gasteiger partial charge in [0, 0.05) is 25.2 Å². The van der Waals surface area contributed by atoms with Gasteiger partial charge in [0.25, 0.3) is 0 Å². The van der Waals surface area contributed by atoms with Gasteiger partial charge >= 0.3 is 0 Å². The van der Waals surface area contributed by atoms with Gasteiger partial charge in [-0.1, -0.05) is 13.8 Å². The van der Waals surface area contributed by atoms with Crippen LogP contribution in [0.4, 0.5) is 5.69 Å². The predicted molar refractivity (Wildman–Crippen MR) is 75.7 cm³/mol. The molecule has 0 aromatic heterocycles. The molecule has 1 aromatic rings. The van der Waals surface area contributed by atoms with Gasteiger partial charge in [-0.05, 0) is 36.1 Å². The van der Waals surface area contributed by atoms with Crippen molar-refractivity contribution in [3.63, 3.8) is 0 Å². The number of nitrogens with zero attached hydrogens (tertiary/aromatic N) is 1. The third-order valence-electron chi connectivity index (χ3n) is 2.90. The van der Waals surface area contributed by atoms with Crippen LogP contribution in [0.1, 0.15) is 31.7 Å². The highest BCUT2D eigenvalue weighted by atomic mass is 35.5. The second-order valence-corrected chi connectivity index (χ2v) is 4.92. The second kappa shape index (κ2) is 6.75. The number of halogens is 1. The van der Waals surface area contributed by atoms with Crippen molar-refractivity contribution < 1.29 is 4.74 Å². The Morgan fingerprint density at radius 2 is 2.06 bits per heavy atom. The molecule has 0 amide bonds. The average Bonchev–Trinajstić information content (AvgIpc) is 2.34. The van der Waals surface area contributed by atoms with Crippen molar-refractivity contribution in [1.82, 2.24) is 0 Å². The molecule has 0 atom stereocenters. The molecular formula is C14H22ClNO. The van der Waals surface area contributed by atoms with Crippen molar-refractivity contribution in [2.24, 2.45) is 0 Å². The normalized spacial score (nSPS) is 10.7. The van der Waals surface area contributed by atoms with Crippen LogP contribution in [0.3, 0.4) is 0 Å². The number of rotatable bonds is 6. The fourth-order valence-electron chi connectivity index (χ4n) is 1.84. The van der Waals surface area contributed by atoms with Crippen molar-refractivity contribution in [2.75, 3.05) is 31.5 Å². The molecule has 0 aliphatic carbocycles. The molecule has 0 spiro atoms. The number of methoxy groups -OCH3 is 1. The molecule has 1 aromatic carbocycles. The number of ether oxygens (including phenoxy) is 1. The number of alkyl halides is 1. The summed E-state index contributed by atoms with van der Waals surface area (Å²) in [5.41, 5.74) is 2.47. The van der Waals surface area contributed by atoms with E-state index in [1.807, 2.05) is 6.07 Å². The summed E-state index contributed by atoms with van der Waals surface area (Å²) < 4.78 is 5.38. The lowest BCUT2D eigenvalue weighted by Gasteiger charge is -2.21. The smallest absolute Gasteiger partial charge is 0.122 e. The first-order valence-electron chi connectivity index (χ1n) is 6.05. The predicted octanol–water partition coefficient (Wildman–Crippen LogP) is 3.88. The van der Waals surface area contributed by atoms with E-state index in [1.165, 1.54) is 11.3 Å². The highest BCUT2D eigenvalue weighted by Gasteiger charge is 2.10. The van der Waals surface area contributed by atoms with Gasteiger partial charge in [0.1, 0.15) is 5.75 Å².